The van der Waals surface area contributed by atoms with Crippen LogP contribution in [-0.2, 0) is 11.3 Å². The first-order valence-corrected chi connectivity index (χ1v) is 9.78. The number of nitrogens with zero attached hydrogens (tertiary/aromatic N) is 2. The largest absolute Gasteiger partial charge is 0.467 e. The third-order valence-corrected chi connectivity index (χ3v) is 5.23. The van der Waals surface area contributed by atoms with Crippen molar-refractivity contribution in [2.45, 2.75) is 19.5 Å². The van der Waals surface area contributed by atoms with E-state index in [1.165, 1.54) is 23.0 Å². The molecule has 31 heavy (non-hydrogen) atoms. The maximum Gasteiger partial charge on any atom is 0.336 e. The van der Waals surface area contributed by atoms with Crippen molar-refractivity contribution in [2.75, 3.05) is 0 Å². The van der Waals surface area contributed by atoms with Gasteiger partial charge in [0, 0.05) is 0 Å². The van der Waals surface area contributed by atoms with E-state index in [1.807, 2.05) is 0 Å². The molecule has 0 aliphatic heterocycles. The number of benzene rings is 2. The van der Waals surface area contributed by atoms with Crippen LogP contribution < -0.4 is 16.6 Å². The number of aromatic nitrogens is 2. The van der Waals surface area contributed by atoms with Crippen molar-refractivity contribution in [1.29, 1.82) is 0 Å². The minimum atomic E-state index is -0.949. The van der Waals surface area contributed by atoms with E-state index in [4.69, 9.17) is 16.0 Å². The molecule has 0 aliphatic carbocycles. The number of hydrogen-bond donors (Lipinski definition) is 1. The van der Waals surface area contributed by atoms with Gasteiger partial charge in [-0.15, -0.1) is 0 Å². The fourth-order valence-corrected chi connectivity index (χ4v) is 3.54. The first-order chi connectivity index (χ1) is 14.9. The van der Waals surface area contributed by atoms with Crippen LogP contribution in [0.1, 0.15) is 18.7 Å². The van der Waals surface area contributed by atoms with E-state index < -0.39 is 29.0 Å². The lowest BCUT2D eigenvalue weighted by Gasteiger charge is -2.19. The number of furan rings is 1. The van der Waals surface area contributed by atoms with Gasteiger partial charge in [-0.05, 0) is 49.4 Å². The monoisotopic (exact) mass is 441 g/mol. The van der Waals surface area contributed by atoms with Crippen LogP contribution in [0.25, 0.3) is 16.6 Å². The Morgan fingerprint density at radius 2 is 1.94 bits per heavy atom. The molecule has 2 aromatic carbocycles. The normalized spacial score (nSPS) is 12.1. The first-order valence-electron chi connectivity index (χ1n) is 9.40. The van der Waals surface area contributed by atoms with Gasteiger partial charge in [-0.1, -0.05) is 23.7 Å². The van der Waals surface area contributed by atoms with Crippen LogP contribution in [0, 0.1) is 5.82 Å². The summed E-state index contributed by atoms with van der Waals surface area (Å²) in [6.07, 6.45) is 1.49. The molecule has 1 atom stereocenters. The second-order valence-electron chi connectivity index (χ2n) is 6.88. The molecule has 158 valence electrons. The SMILES string of the molecule is CC(C(=O)NCc1ccco1)n1c(=O)n(-c2ccc(F)c(Cl)c2)c(=O)c2ccccc21. The molecule has 1 unspecified atom stereocenters. The van der Waals surface area contributed by atoms with Gasteiger partial charge in [-0.3, -0.25) is 14.2 Å². The second kappa shape index (κ2) is 8.23. The van der Waals surface area contributed by atoms with E-state index >= 15 is 0 Å². The Hall–Kier alpha value is -3.65. The van der Waals surface area contributed by atoms with Gasteiger partial charge in [0.2, 0.25) is 5.91 Å². The minimum absolute atomic E-state index is 0.101. The molecule has 4 aromatic rings. The highest BCUT2D eigenvalue weighted by Gasteiger charge is 2.23. The Kier molecular flexibility index (Phi) is 5.48. The average molecular weight is 442 g/mol. The van der Waals surface area contributed by atoms with Crippen molar-refractivity contribution in [3.05, 3.63) is 98.3 Å². The summed E-state index contributed by atoms with van der Waals surface area (Å²) in [5.74, 6) is -0.556. The topological polar surface area (TPSA) is 86.2 Å². The summed E-state index contributed by atoms with van der Waals surface area (Å²) in [5.41, 5.74) is -0.929. The molecule has 0 saturated carbocycles. The maximum atomic E-state index is 13.6. The number of para-hydroxylation sites is 1. The van der Waals surface area contributed by atoms with Crippen LogP contribution >= 0.6 is 11.6 Å². The van der Waals surface area contributed by atoms with Crippen molar-refractivity contribution in [3.63, 3.8) is 0 Å². The number of hydrogen-bond acceptors (Lipinski definition) is 4. The average Bonchev–Trinajstić information content (AvgIpc) is 3.28. The zero-order chi connectivity index (χ0) is 22.1. The molecule has 2 aromatic heterocycles. The Bertz CT molecular complexity index is 1390. The highest BCUT2D eigenvalue weighted by atomic mass is 35.5. The number of amides is 1. The second-order valence-corrected chi connectivity index (χ2v) is 7.29. The van der Waals surface area contributed by atoms with E-state index in [2.05, 4.69) is 5.32 Å². The lowest BCUT2D eigenvalue weighted by atomic mass is 10.2. The molecule has 7 nitrogen and oxygen atoms in total. The molecular weight excluding hydrogens is 425 g/mol. The van der Waals surface area contributed by atoms with E-state index in [0.29, 0.717) is 11.3 Å². The van der Waals surface area contributed by atoms with Crippen molar-refractivity contribution < 1.29 is 13.6 Å². The number of rotatable bonds is 5. The lowest BCUT2D eigenvalue weighted by molar-refractivity contribution is -0.124. The van der Waals surface area contributed by atoms with Gasteiger partial charge >= 0.3 is 5.69 Å². The number of nitrogens with one attached hydrogen (secondary N) is 1. The summed E-state index contributed by atoms with van der Waals surface area (Å²) in [5, 5.41) is 2.72. The number of fused-ring (bicyclic) bond motifs is 1. The molecule has 0 spiro atoms. The van der Waals surface area contributed by atoms with E-state index in [9.17, 15) is 18.8 Å². The van der Waals surface area contributed by atoms with Crippen LogP contribution in [0.3, 0.4) is 0 Å². The highest BCUT2D eigenvalue weighted by Crippen LogP contribution is 2.19. The third kappa shape index (κ3) is 3.77. The minimum Gasteiger partial charge on any atom is -0.467 e. The molecule has 0 bridgehead atoms. The standard InChI is InChI=1S/C22H17ClFN3O4/c1-13(20(28)25-12-15-5-4-10-31-15)26-19-7-3-2-6-16(19)21(29)27(22(26)30)14-8-9-18(24)17(23)11-14/h2-11,13H,12H2,1H3,(H,25,28). The molecular formula is C22H17ClFN3O4. The smallest absolute Gasteiger partial charge is 0.336 e. The van der Waals surface area contributed by atoms with Crippen LogP contribution in [0.15, 0.2) is 74.9 Å². The number of carbonyl (C=O) groups excluding carboxylic acids is 1. The Labute approximate surface area is 180 Å². The molecule has 1 N–H and O–H groups in total. The van der Waals surface area contributed by atoms with Gasteiger partial charge in [-0.25, -0.2) is 13.8 Å². The van der Waals surface area contributed by atoms with Crippen LogP contribution in [0.2, 0.25) is 5.02 Å². The first kappa shape index (κ1) is 20.6. The molecule has 4 rings (SSSR count). The molecule has 9 heteroatoms. The number of halogens is 2. The summed E-state index contributed by atoms with van der Waals surface area (Å²) in [6, 6.07) is 12.5. The zero-order valence-electron chi connectivity index (χ0n) is 16.3. The lowest BCUT2D eigenvalue weighted by Crippen LogP contribution is -2.43. The fraction of sp³-hybridized carbons (Fsp3) is 0.136. The predicted octanol–water partition coefficient (Wildman–Crippen LogP) is 3.42. The van der Waals surface area contributed by atoms with Crippen molar-refractivity contribution in [3.8, 4) is 5.69 Å². The Morgan fingerprint density at radius 3 is 2.65 bits per heavy atom. The molecule has 0 fully saturated rings. The van der Waals surface area contributed by atoms with Crippen molar-refractivity contribution in [2.24, 2.45) is 0 Å². The van der Waals surface area contributed by atoms with Gasteiger partial charge in [0.1, 0.15) is 17.6 Å². The highest BCUT2D eigenvalue weighted by molar-refractivity contribution is 6.30. The quantitative estimate of drug-likeness (QED) is 0.514. The van der Waals surface area contributed by atoms with Gasteiger partial charge in [0.25, 0.3) is 5.56 Å². The van der Waals surface area contributed by atoms with Crippen LogP contribution in [0.5, 0.6) is 0 Å². The van der Waals surface area contributed by atoms with E-state index in [-0.39, 0.29) is 22.6 Å². The summed E-state index contributed by atoms with van der Waals surface area (Å²) < 4.78 is 20.9. The maximum absolute atomic E-state index is 13.6. The van der Waals surface area contributed by atoms with Gasteiger partial charge < -0.3 is 9.73 Å². The Morgan fingerprint density at radius 1 is 1.16 bits per heavy atom. The van der Waals surface area contributed by atoms with Gasteiger partial charge in [-0.2, -0.15) is 0 Å². The molecule has 1 amide bonds. The third-order valence-electron chi connectivity index (χ3n) is 4.94. The van der Waals surface area contributed by atoms with Crippen molar-refractivity contribution in [1.82, 2.24) is 14.5 Å². The molecule has 2 heterocycles. The number of carbonyl (C=O) groups is 1. The Balaban J connectivity index is 1.86. The van der Waals surface area contributed by atoms with Gasteiger partial charge in [0.05, 0.1) is 34.4 Å². The summed E-state index contributed by atoms with van der Waals surface area (Å²) in [7, 11) is 0. The summed E-state index contributed by atoms with van der Waals surface area (Å²) in [4.78, 5) is 39.2. The summed E-state index contributed by atoms with van der Waals surface area (Å²) in [6.45, 7) is 1.70. The van der Waals surface area contributed by atoms with Gasteiger partial charge in [0.15, 0.2) is 0 Å². The van der Waals surface area contributed by atoms with E-state index in [1.54, 1.807) is 43.3 Å². The van der Waals surface area contributed by atoms with Crippen molar-refractivity contribution >= 4 is 28.4 Å². The molecule has 0 radical (unpaired) electrons. The fourth-order valence-electron chi connectivity index (χ4n) is 3.36. The van der Waals surface area contributed by atoms with Crippen LogP contribution in [0.4, 0.5) is 4.39 Å². The summed E-state index contributed by atoms with van der Waals surface area (Å²) >= 11 is 5.86. The molecule has 0 saturated heterocycles. The van der Waals surface area contributed by atoms with Crippen LogP contribution in [-0.4, -0.2) is 15.0 Å². The predicted molar refractivity (Wildman–Crippen MR) is 114 cm³/mol. The van der Waals surface area contributed by atoms with E-state index in [0.717, 1.165) is 10.6 Å². The zero-order valence-corrected chi connectivity index (χ0v) is 17.1. The molecule has 0 aliphatic rings.